The Kier molecular flexibility index (Phi) is 3.23. The topological polar surface area (TPSA) is 18.5 Å². The first kappa shape index (κ1) is 9.97. The van der Waals surface area contributed by atoms with Crippen LogP contribution in [0.4, 0.5) is 0 Å². The minimum Gasteiger partial charge on any atom is -0.493 e. The van der Waals surface area contributed by atoms with Crippen molar-refractivity contribution < 1.29 is 9.47 Å². The molecule has 0 aliphatic rings. The molecule has 13 heavy (non-hydrogen) atoms. The lowest BCUT2D eigenvalue weighted by molar-refractivity contribution is 0.355. The SMILES string of the molecule is COc1ccc(B(C)C)cc1OC. The Morgan fingerprint density at radius 3 is 2.08 bits per heavy atom. The van der Waals surface area contributed by atoms with Crippen LogP contribution in [-0.2, 0) is 0 Å². The van der Waals surface area contributed by atoms with Crippen molar-refractivity contribution in [3.63, 3.8) is 0 Å². The van der Waals surface area contributed by atoms with Crippen molar-refractivity contribution in [1.29, 1.82) is 0 Å². The van der Waals surface area contributed by atoms with Crippen LogP contribution in [0, 0.1) is 0 Å². The second-order valence-electron chi connectivity index (χ2n) is 3.27. The zero-order valence-electron chi connectivity index (χ0n) is 8.63. The molecule has 0 amide bonds. The highest BCUT2D eigenvalue weighted by Crippen LogP contribution is 2.24. The average molecular weight is 178 g/mol. The zero-order chi connectivity index (χ0) is 9.84. The summed E-state index contributed by atoms with van der Waals surface area (Å²) in [6.45, 7) is 4.82. The van der Waals surface area contributed by atoms with Crippen molar-refractivity contribution in [1.82, 2.24) is 0 Å². The van der Waals surface area contributed by atoms with E-state index in [0.29, 0.717) is 6.71 Å². The van der Waals surface area contributed by atoms with Gasteiger partial charge in [-0.05, 0) is 12.1 Å². The van der Waals surface area contributed by atoms with E-state index in [9.17, 15) is 0 Å². The molecule has 0 bridgehead atoms. The van der Waals surface area contributed by atoms with Crippen molar-refractivity contribution in [3.8, 4) is 11.5 Å². The molecule has 0 spiro atoms. The molecule has 1 aromatic rings. The van der Waals surface area contributed by atoms with Crippen LogP contribution in [0.25, 0.3) is 0 Å². The van der Waals surface area contributed by atoms with Crippen molar-refractivity contribution in [3.05, 3.63) is 18.2 Å². The molecule has 3 heteroatoms. The van der Waals surface area contributed by atoms with Crippen LogP contribution >= 0.6 is 0 Å². The number of ether oxygens (including phenoxy) is 2. The summed E-state index contributed by atoms with van der Waals surface area (Å²) in [5.41, 5.74) is 1.26. The molecular weight excluding hydrogens is 163 g/mol. The highest BCUT2D eigenvalue weighted by atomic mass is 16.5. The molecule has 0 unspecified atom stereocenters. The third-order valence-electron chi connectivity index (χ3n) is 2.07. The molecule has 0 fully saturated rings. The molecule has 0 aromatic heterocycles. The molecule has 0 saturated heterocycles. The van der Waals surface area contributed by atoms with E-state index in [1.165, 1.54) is 5.46 Å². The molecule has 2 nitrogen and oxygen atoms in total. The van der Waals surface area contributed by atoms with Crippen molar-refractivity contribution in [2.24, 2.45) is 0 Å². The monoisotopic (exact) mass is 178 g/mol. The van der Waals surface area contributed by atoms with E-state index < -0.39 is 0 Å². The highest BCUT2D eigenvalue weighted by Gasteiger charge is 2.07. The Bertz CT molecular complexity index is 284. The summed E-state index contributed by atoms with van der Waals surface area (Å²) in [5.74, 6) is 1.58. The fourth-order valence-electron chi connectivity index (χ4n) is 1.21. The van der Waals surface area contributed by atoms with Crippen molar-refractivity contribution >= 4 is 12.2 Å². The summed E-state index contributed by atoms with van der Waals surface area (Å²) >= 11 is 0. The summed E-state index contributed by atoms with van der Waals surface area (Å²) in [6, 6.07) is 6.02. The molecule has 0 heterocycles. The zero-order valence-corrected chi connectivity index (χ0v) is 8.63. The number of benzene rings is 1. The standard InChI is InChI=1S/C10H15BO2/c1-11(2)8-5-6-9(12-3)10(7-8)13-4/h5-7H,1-4H3. The Labute approximate surface area is 79.9 Å². The maximum atomic E-state index is 5.20. The van der Waals surface area contributed by atoms with Gasteiger partial charge in [-0.1, -0.05) is 25.2 Å². The maximum absolute atomic E-state index is 5.20. The number of rotatable bonds is 3. The first-order chi connectivity index (χ1) is 6.19. The predicted octanol–water partition coefficient (Wildman–Crippen LogP) is 1.67. The predicted molar refractivity (Wildman–Crippen MR) is 56.7 cm³/mol. The largest absolute Gasteiger partial charge is 0.493 e. The van der Waals surface area contributed by atoms with Gasteiger partial charge in [0.25, 0.3) is 0 Å². The molecular formula is C10H15BO2. The van der Waals surface area contributed by atoms with Crippen LogP contribution in [0.2, 0.25) is 13.6 Å². The summed E-state index contributed by atoms with van der Waals surface area (Å²) in [5, 5.41) is 0. The van der Waals surface area contributed by atoms with E-state index in [2.05, 4.69) is 19.7 Å². The first-order valence-electron chi connectivity index (χ1n) is 4.41. The lowest BCUT2D eigenvalue weighted by Gasteiger charge is -2.10. The van der Waals surface area contributed by atoms with Gasteiger partial charge in [-0.25, -0.2) is 0 Å². The summed E-state index contributed by atoms with van der Waals surface area (Å²) < 4.78 is 10.3. The Morgan fingerprint density at radius 1 is 1.00 bits per heavy atom. The van der Waals surface area contributed by atoms with Gasteiger partial charge in [0, 0.05) is 0 Å². The lowest BCUT2D eigenvalue weighted by atomic mass is 9.49. The third kappa shape index (κ3) is 2.17. The van der Waals surface area contributed by atoms with E-state index in [4.69, 9.17) is 9.47 Å². The normalized spacial score (nSPS) is 9.54. The minimum absolute atomic E-state index is 0.514. The molecule has 0 aliphatic heterocycles. The van der Waals surface area contributed by atoms with Crippen LogP contribution < -0.4 is 14.9 Å². The van der Waals surface area contributed by atoms with E-state index in [1.807, 2.05) is 12.1 Å². The Balaban J connectivity index is 3.05. The Morgan fingerprint density at radius 2 is 1.62 bits per heavy atom. The smallest absolute Gasteiger partial charge is 0.169 e. The molecule has 0 saturated carbocycles. The molecule has 0 N–H and O–H groups in total. The van der Waals surface area contributed by atoms with Crippen molar-refractivity contribution in [2.75, 3.05) is 14.2 Å². The fraction of sp³-hybridized carbons (Fsp3) is 0.400. The fourth-order valence-corrected chi connectivity index (χ4v) is 1.21. The molecule has 70 valence electrons. The number of hydrogen-bond donors (Lipinski definition) is 0. The van der Waals surface area contributed by atoms with Gasteiger partial charge in [0.1, 0.15) is 0 Å². The molecule has 0 radical (unpaired) electrons. The lowest BCUT2D eigenvalue weighted by Crippen LogP contribution is -2.22. The molecule has 0 atom stereocenters. The first-order valence-corrected chi connectivity index (χ1v) is 4.41. The maximum Gasteiger partial charge on any atom is 0.169 e. The summed E-state index contributed by atoms with van der Waals surface area (Å²) in [6.07, 6.45) is 0. The van der Waals surface area contributed by atoms with Crippen LogP contribution in [0.3, 0.4) is 0 Å². The number of methoxy groups -OCH3 is 2. The second kappa shape index (κ2) is 4.22. The van der Waals surface area contributed by atoms with E-state index in [1.54, 1.807) is 14.2 Å². The van der Waals surface area contributed by atoms with Gasteiger partial charge >= 0.3 is 0 Å². The van der Waals surface area contributed by atoms with Crippen molar-refractivity contribution in [2.45, 2.75) is 13.6 Å². The van der Waals surface area contributed by atoms with E-state index >= 15 is 0 Å². The van der Waals surface area contributed by atoms with Gasteiger partial charge < -0.3 is 9.47 Å². The van der Waals surface area contributed by atoms with Crippen LogP contribution in [0.5, 0.6) is 11.5 Å². The van der Waals surface area contributed by atoms with E-state index in [-0.39, 0.29) is 0 Å². The van der Waals surface area contributed by atoms with Crippen LogP contribution in [0.1, 0.15) is 0 Å². The van der Waals surface area contributed by atoms with E-state index in [0.717, 1.165) is 11.5 Å². The van der Waals surface area contributed by atoms with Gasteiger partial charge in [-0.3, -0.25) is 0 Å². The minimum atomic E-state index is 0.514. The van der Waals surface area contributed by atoms with Gasteiger partial charge in [-0.15, -0.1) is 0 Å². The summed E-state index contributed by atoms with van der Waals surface area (Å²) in [7, 11) is 3.30. The van der Waals surface area contributed by atoms with Gasteiger partial charge in [0.15, 0.2) is 18.2 Å². The average Bonchev–Trinajstić information content (AvgIpc) is 2.16. The molecule has 1 rings (SSSR count). The van der Waals surface area contributed by atoms with Crippen LogP contribution in [0.15, 0.2) is 18.2 Å². The Hall–Kier alpha value is -1.12. The molecule has 0 aliphatic carbocycles. The van der Waals surface area contributed by atoms with Gasteiger partial charge in [0.2, 0.25) is 0 Å². The second-order valence-corrected chi connectivity index (χ2v) is 3.27. The highest BCUT2D eigenvalue weighted by molar-refractivity contribution is 6.70. The van der Waals surface area contributed by atoms with Crippen LogP contribution in [-0.4, -0.2) is 20.9 Å². The van der Waals surface area contributed by atoms with Gasteiger partial charge in [0.05, 0.1) is 14.2 Å². The quantitative estimate of drug-likeness (QED) is 0.655. The third-order valence-corrected chi connectivity index (χ3v) is 2.07. The van der Waals surface area contributed by atoms with Gasteiger partial charge in [-0.2, -0.15) is 0 Å². The number of hydrogen-bond acceptors (Lipinski definition) is 2. The summed E-state index contributed by atoms with van der Waals surface area (Å²) in [4.78, 5) is 0. The molecule has 1 aromatic carbocycles.